The van der Waals surface area contributed by atoms with E-state index in [4.69, 9.17) is 14.2 Å². The van der Waals surface area contributed by atoms with Gasteiger partial charge in [-0.25, -0.2) is 14.4 Å². The number of benzene rings is 4. The van der Waals surface area contributed by atoms with Crippen molar-refractivity contribution in [1.82, 2.24) is 15.0 Å². The molecule has 9 heteroatoms. The first-order valence-electron chi connectivity index (χ1n) is 13.3. The van der Waals surface area contributed by atoms with Crippen LogP contribution in [0.15, 0.2) is 128 Å². The molecule has 0 fully saturated rings. The normalized spacial score (nSPS) is 12.9. The minimum atomic E-state index is -1.29. The van der Waals surface area contributed by atoms with Gasteiger partial charge in [-0.15, -0.1) is 5.10 Å². The summed E-state index contributed by atoms with van der Waals surface area (Å²) in [7, 11) is 0. The molecule has 4 aromatic carbocycles. The van der Waals surface area contributed by atoms with Crippen molar-refractivity contribution >= 4 is 17.9 Å². The van der Waals surface area contributed by atoms with Crippen LogP contribution in [0.5, 0.6) is 0 Å². The molecule has 5 rings (SSSR count). The van der Waals surface area contributed by atoms with E-state index in [1.807, 2.05) is 30.3 Å². The number of ether oxygens (including phenoxy) is 3. The molecule has 0 aliphatic rings. The second kappa shape index (κ2) is 13.2. The Morgan fingerprint density at radius 1 is 0.595 bits per heavy atom. The Kier molecular flexibility index (Phi) is 8.79. The van der Waals surface area contributed by atoms with Gasteiger partial charge in [0.2, 0.25) is 0 Å². The number of para-hydroxylation sites is 1. The molecular formula is C33H27N3O6. The summed E-state index contributed by atoms with van der Waals surface area (Å²) in [5.74, 6) is -2.01. The Labute approximate surface area is 242 Å². The maximum absolute atomic E-state index is 13.3. The van der Waals surface area contributed by atoms with Gasteiger partial charge in [-0.2, -0.15) is 9.90 Å². The van der Waals surface area contributed by atoms with Crippen LogP contribution in [0.2, 0.25) is 0 Å². The molecule has 1 heterocycles. The third kappa shape index (κ3) is 6.76. The molecule has 0 radical (unpaired) electrons. The minimum Gasteiger partial charge on any atom is -0.455 e. The van der Waals surface area contributed by atoms with E-state index in [-0.39, 0.29) is 16.8 Å². The van der Waals surface area contributed by atoms with Crippen LogP contribution in [0, 0.1) is 0 Å². The smallest absolute Gasteiger partial charge is 0.338 e. The van der Waals surface area contributed by atoms with Crippen LogP contribution in [0.1, 0.15) is 49.8 Å². The summed E-state index contributed by atoms with van der Waals surface area (Å²) in [6.45, 7) is 1.56. The fourth-order valence-corrected chi connectivity index (χ4v) is 4.19. The fourth-order valence-electron chi connectivity index (χ4n) is 4.19. The van der Waals surface area contributed by atoms with E-state index < -0.39 is 36.2 Å². The van der Waals surface area contributed by atoms with E-state index in [1.54, 1.807) is 97.9 Å². The third-order valence-corrected chi connectivity index (χ3v) is 6.35. The highest BCUT2D eigenvalue weighted by Gasteiger charge is 2.39. The Morgan fingerprint density at radius 3 is 1.52 bits per heavy atom. The standard InChI is InChI=1S/C33H27N3O6/c1-23(40-31(37)24-14-6-2-7-15-24)29(41-32(38)25-16-8-3-9-17-25)30(42-33(39)26-18-10-4-11-19-26)28-22-34-36(35-28)27-20-12-5-13-21-27/h2-23,29-30H,1H3/t23-,29+,30-/m1/s1. The Bertz CT molecular complexity index is 1630. The lowest BCUT2D eigenvalue weighted by atomic mass is 10.1. The largest absolute Gasteiger partial charge is 0.455 e. The Hall–Kier alpha value is -5.57. The zero-order valence-electron chi connectivity index (χ0n) is 22.6. The molecule has 0 aliphatic carbocycles. The monoisotopic (exact) mass is 561 g/mol. The number of carbonyl (C=O) groups excluding carboxylic acids is 3. The molecular weight excluding hydrogens is 534 g/mol. The van der Waals surface area contributed by atoms with Crippen LogP contribution in [0.4, 0.5) is 0 Å². The average Bonchev–Trinajstić information content (AvgIpc) is 3.54. The summed E-state index contributed by atoms with van der Waals surface area (Å²) >= 11 is 0. The highest BCUT2D eigenvalue weighted by molar-refractivity contribution is 5.91. The van der Waals surface area contributed by atoms with E-state index >= 15 is 0 Å². The average molecular weight is 562 g/mol. The second-order valence-electron chi connectivity index (χ2n) is 9.30. The summed E-state index contributed by atoms with van der Waals surface area (Å²) in [5.41, 5.74) is 1.71. The molecule has 0 N–H and O–H groups in total. The van der Waals surface area contributed by atoms with Gasteiger partial charge in [0, 0.05) is 0 Å². The van der Waals surface area contributed by atoms with Gasteiger partial charge in [-0.05, 0) is 55.5 Å². The first-order valence-corrected chi connectivity index (χ1v) is 13.3. The SMILES string of the molecule is C[C@@H](OC(=O)c1ccccc1)[C@H](OC(=O)c1ccccc1)[C@H](OC(=O)c1ccccc1)c1cnn(-c2ccccc2)n1. The van der Waals surface area contributed by atoms with Crippen molar-refractivity contribution in [3.8, 4) is 5.69 Å². The zero-order chi connectivity index (χ0) is 29.3. The predicted octanol–water partition coefficient (Wildman–Crippen LogP) is 5.64. The van der Waals surface area contributed by atoms with Gasteiger partial charge >= 0.3 is 17.9 Å². The molecule has 3 atom stereocenters. The van der Waals surface area contributed by atoms with Gasteiger partial charge in [0.25, 0.3) is 0 Å². The van der Waals surface area contributed by atoms with Gasteiger partial charge in [0.15, 0.2) is 12.2 Å². The van der Waals surface area contributed by atoms with Crippen LogP contribution in [-0.4, -0.2) is 45.1 Å². The Morgan fingerprint density at radius 2 is 1.02 bits per heavy atom. The lowest BCUT2D eigenvalue weighted by Crippen LogP contribution is -2.40. The molecule has 0 unspecified atom stereocenters. The lowest BCUT2D eigenvalue weighted by molar-refractivity contribution is -0.0855. The van der Waals surface area contributed by atoms with E-state index in [9.17, 15) is 14.4 Å². The number of rotatable bonds is 10. The van der Waals surface area contributed by atoms with Crippen molar-refractivity contribution < 1.29 is 28.6 Å². The topological polar surface area (TPSA) is 110 Å². The molecule has 1 aromatic heterocycles. The van der Waals surface area contributed by atoms with Gasteiger partial charge < -0.3 is 14.2 Å². The van der Waals surface area contributed by atoms with E-state index in [0.717, 1.165) is 0 Å². The lowest BCUT2D eigenvalue weighted by Gasteiger charge is -2.30. The number of aromatic nitrogens is 3. The maximum atomic E-state index is 13.3. The van der Waals surface area contributed by atoms with E-state index in [0.29, 0.717) is 11.3 Å². The summed E-state index contributed by atoms with van der Waals surface area (Å²) in [6, 6.07) is 34.3. The second-order valence-corrected chi connectivity index (χ2v) is 9.30. The summed E-state index contributed by atoms with van der Waals surface area (Å²) < 4.78 is 17.6. The summed E-state index contributed by atoms with van der Waals surface area (Å²) in [5, 5.41) is 8.89. The Balaban J connectivity index is 1.53. The van der Waals surface area contributed by atoms with Crippen molar-refractivity contribution in [2.45, 2.75) is 25.2 Å². The fraction of sp³-hybridized carbons (Fsp3) is 0.121. The molecule has 0 bridgehead atoms. The van der Waals surface area contributed by atoms with Crippen molar-refractivity contribution in [3.05, 3.63) is 150 Å². The number of hydrogen-bond acceptors (Lipinski definition) is 8. The van der Waals surface area contributed by atoms with Crippen molar-refractivity contribution in [3.63, 3.8) is 0 Å². The zero-order valence-corrected chi connectivity index (χ0v) is 22.6. The highest BCUT2D eigenvalue weighted by atomic mass is 16.6. The molecule has 0 spiro atoms. The van der Waals surface area contributed by atoms with Crippen LogP contribution >= 0.6 is 0 Å². The molecule has 0 saturated carbocycles. The quantitative estimate of drug-likeness (QED) is 0.159. The number of hydrogen-bond donors (Lipinski definition) is 0. The number of esters is 3. The first-order chi connectivity index (χ1) is 20.5. The van der Waals surface area contributed by atoms with Gasteiger partial charge in [0.1, 0.15) is 11.8 Å². The molecule has 0 saturated heterocycles. The molecule has 42 heavy (non-hydrogen) atoms. The van der Waals surface area contributed by atoms with Crippen molar-refractivity contribution in [1.29, 1.82) is 0 Å². The van der Waals surface area contributed by atoms with Crippen molar-refractivity contribution in [2.75, 3.05) is 0 Å². The van der Waals surface area contributed by atoms with E-state index in [1.165, 1.54) is 11.0 Å². The van der Waals surface area contributed by atoms with Gasteiger partial charge in [0.05, 0.1) is 28.6 Å². The number of carbonyl (C=O) groups is 3. The van der Waals surface area contributed by atoms with E-state index in [2.05, 4.69) is 10.2 Å². The number of nitrogens with zero attached hydrogens (tertiary/aromatic N) is 3. The van der Waals surface area contributed by atoms with Gasteiger partial charge in [-0.1, -0.05) is 72.8 Å². The van der Waals surface area contributed by atoms with Crippen LogP contribution < -0.4 is 0 Å². The molecule has 210 valence electrons. The van der Waals surface area contributed by atoms with Crippen molar-refractivity contribution in [2.24, 2.45) is 0 Å². The minimum absolute atomic E-state index is 0.191. The van der Waals surface area contributed by atoms with Crippen LogP contribution in [0.25, 0.3) is 5.69 Å². The van der Waals surface area contributed by atoms with Crippen LogP contribution in [0.3, 0.4) is 0 Å². The molecule has 0 amide bonds. The molecule has 5 aromatic rings. The van der Waals surface area contributed by atoms with Gasteiger partial charge in [-0.3, -0.25) is 0 Å². The molecule has 9 nitrogen and oxygen atoms in total. The maximum Gasteiger partial charge on any atom is 0.338 e. The molecule has 0 aliphatic heterocycles. The third-order valence-electron chi connectivity index (χ3n) is 6.35. The summed E-state index contributed by atoms with van der Waals surface area (Å²) in [6.07, 6.45) is -2.23. The summed E-state index contributed by atoms with van der Waals surface area (Å²) in [4.78, 5) is 41.0. The van der Waals surface area contributed by atoms with Crippen LogP contribution in [-0.2, 0) is 14.2 Å². The first kappa shape index (κ1) is 28.0. The highest BCUT2D eigenvalue weighted by Crippen LogP contribution is 2.29. The predicted molar refractivity (Wildman–Crippen MR) is 153 cm³/mol.